The Morgan fingerprint density at radius 2 is 2.54 bits per heavy atom. The Balaban J connectivity index is 2.18. The van der Waals surface area contributed by atoms with Gasteiger partial charge >= 0.3 is 0 Å². The van der Waals surface area contributed by atoms with Crippen molar-refractivity contribution in [1.82, 2.24) is 14.8 Å². The van der Waals surface area contributed by atoms with Gasteiger partial charge in [-0.25, -0.2) is 4.68 Å². The van der Waals surface area contributed by atoms with Crippen molar-refractivity contribution >= 4 is 5.95 Å². The summed E-state index contributed by atoms with van der Waals surface area (Å²) < 4.78 is 1.92. The van der Waals surface area contributed by atoms with Crippen LogP contribution in [0, 0.1) is 0 Å². The summed E-state index contributed by atoms with van der Waals surface area (Å²) in [6, 6.07) is 0.502. The highest BCUT2D eigenvalue weighted by Gasteiger charge is 2.16. The third-order valence-corrected chi connectivity index (χ3v) is 2.23. The first-order valence-corrected chi connectivity index (χ1v) is 4.70. The molecule has 0 amide bonds. The summed E-state index contributed by atoms with van der Waals surface area (Å²) >= 11 is 0. The van der Waals surface area contributed by atoms with Gasteiger partial charge in [0.2, 0.25) is 5.95 Å². The highest BCUT2D eigenvalue weighted by atomic mass is 15.4. The smallest absolute Gasteiger partial charge is 0.221 e. The second-order valence-electron chi connectivity index (χ2n) is 3.45. The van der Waals surface area contributed by atoms with Gasteiger partial charge in [-0.15, -0.1) is 0 Å². The molecule has 0 radical (unpaired) electrons. The molecule has 3 N–H and O–H groups in total. The van der Waals surface area contributed by atoms with Crippen LogP contribution in [0.5, 0.6) is 0 Å². The van der Waals surface area contributed by atoms with E-state index in [4.69, 9.17) is 5.73 Å². The van der Waals surface area contributed by atoms with Crippen LogP contribution in [0.4, 0.5) is 5.95 Å². The zero-order valence-corrected chi connectivity index (χ0v) is 7.82. The quantitative estimate of drug-likeness (QED) is 0.673. The van der Waals surface area contributed by atoms with Gasteiger partial charge in [0.25, 0.3) is 0 Å². The average Bonchev–Trinajstić information content (AvgIpc) is 2.46. The van der Waals surface area contributed by atoms with Gasteiger partial charge in [0.05, 0.1) is 0 Å². The molecule has 13 heavy (non-hydrogen) atoms. The van der Waals surface area contributed by atoms with Crippen LogP contribution in [0.1, 0.15) is 19.2 Å². The molecule has 72 valence electrons. The fourth-order valence-corrected chi connectivity index (χ4v) is 1.50. The second-order valence-corrected chi connectivity index (χ2v) is 3.45. The van der Waals surface area contributed by atoms with Crippen molar-refractivity contribution < 1.29 is 0 Å². The molecule has 5 nitrogen and oxygen atoms in total. The first-order valence-electron chi connectivity index (χ1n) is 4.70. The molecular weight excluding hydrogens is 166 g/mol. The molecule has 0 bridgehead atoms. The van der Waals surface area contributed by atoms with E-state index in [0.29, 0.717) is 12.6 Å². The lowest BCUT2D eigenvalue weighted by Crippen LogP contribution is -2.26. The summed E-state index contributed by atoms with van der Waals surface area (Å²) in [7, 11) is 0. The molecule has 0 saturated carbocycles. The third-order valence-electron chi connectivity index (χ3n) is 2.23. The third kappa shape index (κ3) is 1.65. The van der Waals surface area contributed by atoms with E-state index < -0.39 is 0 Å². The summed E-state index contributed by atoms with van der Waals surface area (Å²) in [5.41, 5.74) is 5.44. The molecular formula is C8H15N5. The van der Waals surface area contributed by atoms with Gasteiger partial charge in [0, 0.05) is 19.0 Å². The van der Waals surface area contributed by atoms with Crippen LogP contribution >= 0.6 is 0 Å². The molecule has 2 heterocycles. The molecule has 0 aromatic carbocycles. The van der Waals surface area contributed by atoms with Crippen molar-refractivity contribution in [3.05, 3.63) is 5.82 Å². The Morgan fingerprint density at radius 1 is 1.69 bits per heavy atom. The van der Waals surface area contributed by atoms with E-state index in [1.807, 2.05) is 4.68 Å². The Kier molecular flexibility index (Phi) is 2.18. The normalized spacial score (nSPS) is 20.9. The lowest BCUT2D eigenvalue weighted by atomic mass is 10.2. The molecule has 0 fully saturated rings. The van der Waals surface area contributed by atoms with Crippen molar-refractivity contribution in [3.63, 3.8) is 0 Å². The van der Waals surface area contributed by atoms with Crippen LogP contribution in [0.15, 0.2) is 0 Å². The molecule has 1 unspecified atom stereocenters. The van der Waals surface area contributed by atoms with E-state index in [1.165, 1.54) is 0 Å². The first kappa shape index (κ1) is 8.50. The van der Waals surface area contributed by atoms with Crippen LogP contribution < -0.4 is 11.1 Å². The summed E-state index contributed by atoms with van der Waals surface area (Å²) in [6.45, 7) is 3.72. The van der Waals surface area contributed by atoms with Crippen molar-refractivity contribution in [1.29, 1.82) is 0 Å². The number of nitrogens with zero attached hydrogens (tertiary/aromatic N) is 3. The van der Waals surface area contributed by atoms with Gasteiger partial charge < -0.3 is 11.1 Å². The Bertz CT molecular complexity index is 293. The zero-order chi connectivity index (χ0) is 9.26. The van der Waals surface area contributed by atoms with Crippen molar-refractivity contribution in [2.24, 2.45) is 5.73 Å². The predicted molar refractivity (Wildman–Crippen MR) is 50.5 cm³/mol. The molecule has 0 saturated heterocycles. The largest absolute Gasteiger partial charge is 0.352 e. The van der Waals surface area contributed by atoms with Gasteiger partial charge in [0.15, 0.2) is 5.82 Å². The summed E-state index contributed by atoms with van der Waals surface area (Å²) in [5, 5.41) is 7.63. The number of nitrogens with two attached hydrogens (primary N) is 1. The average molecular weight is 181 g/mol. The topological polar surface area (TPSA) is 68.8 Å². The number of aryl methyl sites for hydroxylation is 1. The number of fused-ring (bicyclic) bond motifs is 1. The van der Waals surface area contributed by atoms with Gasteiger partial charge in [-0.2, -0.15) is 10.1 Å². The first-order chi connectivity index (χ1) is 6.29. The van der Waals surface area contributed by atoms with Crippen molar-refractivity contribution in [2.45, 2.75) is 32.4 Å². The number of hydrogen-bond donors (Lipinski definition) is 2. The van der Waals surface area contributed by atoms with Crippen LogP contribution in [-0.4, -0.2) is 27.4 Å². The molecule has 1 aromatic heterocycles. The molecule has 1 aromatic rings. The molecule has 1 atom stereocenters. The van der Waals surface area contributed by atoms with Crippen molar-refractivity contribution in [2.75, 3.05) is 11.9 Å². The minimum atomic E-state index is 0.502. The van der Waals surface area contributed by atoms with Gasteiger partial charge in [-0.3, -0.25) is 0 Å². The molecule has 0 spiro atoms. The number of hydrogen-bond acceptors (Lipinski definition) is 4. The summed E-state index contributed by atoms with van der Waals surface area (Å²) in [5.74, 6) is 1.74. The number of anilines is 1. The molecule has 1 aliphatic rings. The van der Waals surface area contributed by atoms with Crippen molar-refractivity contribution in [3.8, 4) is 0 Å². The Labute approximate surface area is 77.3 Å². The highest BCUT2D eigenvalue weighted by molar-refractivity contribution is 5.28. The van der Waals surface area contributed by atoms with Crippen LogP contribution in [0.25, 0.3) is 0 Å². The second kappa shape index (κ2) is 3.33. The van der Waals surface area contributed by atoms with E-state index in [0.717, 1.165) is 31.2 Å². The Morgan fingerprint density at radius 3 is 3.31 bits per heavy atom. The SMILES string of the molecule is CC1CCn2nc(CCN)nc2N1. The van der Waals surface area contributed by atoms with Crippen LogP contribution in [-0.2, 0) is 13.0 Å². The lowest BCUT2D eigenvalue weighted by molar-refractivity contribution is 0.507. The number of nitrogens with one attached hydrogen (secondary N) is 1. The van der Waals surface area contributed by atoms with E-state index in [2.05, 4.69) is 22.3 Å². The van der Waals surface area contributed by atoms with Crippen LogP contribution in [0.3, 0.4) is 0 Å². The number of rotatable bonds is 2. The monoisotopic (exact) mass is 181 g/mol. The molecule has 2 rings (SSSR count). The fourth-order valence-electron chi connectivity index (χ4n) is 1.50. The zero-order valence-electron chi connectivity index (χ0n) is 7.82. The lowest BCUT2D eigenvalue weighted by Gasteiger charge is -2.20. The van der Waals surface area contributed by atoms with E-state index in [-0.39, 0.29) is 0 Å². The van der Waals surface area contributed by atoms with E-state index >= 15 is 0 Å². The summed E-state index contributed by atoms with van der Waals surface area (Å²) in [4.78, 5) is 4.35. The standard InChI is InChI=1S/C8H15N5/c1-6-3-5-13-8(10-6)11-7(12-13)2-4-9/h6H,2-5,9H2,1H3,(H,10,11,12). The number of aromatic nitrogens is 3. The van der Waals surface area contributed by atoms with E-state index in [1.54, 1.807) is 0 Å². The maximum absolute atomic E-state index is 5.44. The van der Waals surface area contributed by atoms with Gasteiger partial charge in [0.1, 0.15) is 0 Å². The Hall–Kier alpha value is -1.10. The van der Waals surface area contributed by atoms with Crippen LogP contribution in [0.2, 0.25) is 0 Å². The summed E-state index contributed by atoms with van der Waals surface area (Å²) in [6.07, 6.45) is 1.87. The highest BCUT2D eigenvalue weighted by Crippen LogP contribution is 2.14. The maximum atomic E-state index is 5.44. The predicted octanol–water partition coefficient (Wildman–Crippen LogP) is -0.0166. The fraction of sp³-hybridized carbons (Fsp3) is 0.750. The van der Waals surface area contributed by atoms with Gasteiger partial charge in [-0.1, -0.05) is 0 Å². The molecule has 1 aliphatic heterocycles. The molecule has 5 heteroatoms. The molecule has 0 aliphatic carbocycles. The van der Waals surface area contributed by atoms with Gasteiger partial charge in [-0.05, 0) is 19.9 Å². The maximum Gasteiger partial charge on any atom is 0.221 e. The minimum absolute atomic E-state index is 0.502. The van der Waals surface area contributed by atoms with E-state index in [9.17, 15) is 0 Å². The minimum Gasteiger partial charge on any atom is -0.352 e.